The fourth-order valence-electron chi connectivity index (χ4n) is 3.89. The lowest BCUT2D eigenvalue weighted by molar-refractivity contribution is -0.123. The molecular formula is C22H21N3O4S3. The molecule has 10 heteroatoms. The van der Waals surface area contributed by atoms with Crippen molar-refractivity contribution in [2.75, 3.05) is 18.0 Å². The van der Waals surface area contributed by atoms with Crippen molar-refractivity contribution < 1.29 is 17.6 Å². The first-order chi connectivity index (χ1) is 15.5. The predicted molar refractivity (Wildman–Crippen MR) is 125 cm³/mol. The highest BCUT2D eigenvalue weighted by atomic mass is 32.2. The summed E-state index contributed by atoms with van der Waals surface area (Å²) in [5.74, 6) is 0.0727. The molecule has 32 heavy (non-hydrogen) atoms. The van der Waals surface area contributed by atoms with Crippen LogP contribution in [0.25, 0.3) is 10.2 Å². The highest BCUT2D eigenvalue weighted by Gasteiger charge is 2.36. The molecule has 0 saturated carbocycles. The largest absolute Gasteiger partial charge is 0.467 e. The summed E-state index contributed by atoms with van der Waals surface area (Å²) in [5.41, 5.74) is 0.829. The number of hydrogen-bond acceptors (Lipinski definition) is 7. The molecule has 0 N–H and O–H groups in total. The fourth-order valence-corrected chi connectivity index (χ4v) is 7.53. The molecule has 0 unspecified atom stereocenters. The molecule has 1 aliphatic rings. The maximum absolute atomic E-state index is 13.7. The molecule has 1 atom stereocenters. The summed E-state index contributed by atoms with van der Waals surface area (Å²) >= 11 is 2.64. The third-order valence-corrected chi connectivity index (χ3v) is 9.79. The number of amides is 1. The van der Waals surface area contributed by atoms with Crippen LogP contribution in [0.2, 0.25) is 0 Å². The molecule has 1 amide bonds. The van der Waals surface area contributed by atoms with E-state index in [0.717, 1.165) is 10.2 Å². The van der Waals surface area contributed by atoms with E-state index < -0.39 is 15.9 Å². The van der Waals surface area contributed by atoms with Crippen LogP contribution in [0.5, 0.6) is 0 Å². The number of carbonyl (C=O) groups excluding carboxylic acids is 1. The molecule has 0 bridgehead atoms. The van der Waals surface area contributed by atoms with Gasteiger partial charge in [0, 0.05) is 13.1 Å². The lowest BCUT2D eigenvalue weighted by Gasteiger charge is -2.33. The molecule has 1 aliphatic heterocycles. The van der Waals surface area contributed by atoms with Gasteiger partial charge in [0.15, 0.2) is 5.13 Å². The van der Waals surface area contributed by atoms with Crippen LogP contribution in [0.3, 0.4) is 0 Å². The molecule has 5 rings (SSSR count). The molecule has 0 aliphatic carbocycles. The molecule has 7 nitrogen and oxygen atoms in total. The van der Waals surface area contributed by atoms with Crippen LogP contribution in [0.1, 0.15) is 18.6 Å². The summed E-state index contributed by atoms with van der Waals surface area (Å²) in [4.78, 5) is 20.0. The van der Waals surface area contributed by atoms with Crippen LogP contribution >= 0.6 is 22.7 Å². The third-order valence-electron chi connectivity index (χ3n) is 5.50. The number of furan rings is 1. The van der Waals surface area contributed by atoms with Crippen molar-refractivity contribution in [3.8, 4) is 0 Å². The molecule has 0 spiro atoms. The van der Waals surface area contributed by atoms with Crippen molar-refractivity contribution in [3.05, 3.63) is 65.9 Å². The van der Waals surface area contributed by atoms with Gasteiger partial charge in [-0.15, -0.1) is 11.3 Å². The molecule has 4 aromatic rings. The van der Waals surface area contributed by atoms with E-state index in [-0.39, 0.29) is 19.0 Å². The number of rotatable bonds is 6. The molecule has 1 saturated heterocycles. The van der Waals surface area contributed by atoms with Gasteiger partial charge in [-0.1, -0.05) is 29.5 Å². The number of sulfonamides is 1. The Bertz CT molecular complexity index is 1280. The van der Waals surface area contributed by atoms with Gasteiger partial charge in [-0.25, -0.2) is 13.4 Å². The predicted octanol–water partition coefficient (Wildman–Crippen LogP) is 4.58. The van der Waals surface area contributed by atoms with Crippen LogP contribution < -0.4 is 4.90 Å². The quantitative estimate of drug-likeness (QED) is 0.397. The van der Waals surface area contributed by atoms with E-state index in [0.29, 0.717) is 34.5 Å². The number of nitrogens with zero attached hydrogens (tertiary/aromatic N) is 3. The standard InChI is InChI=1S/C22H21N3O4S3/c26-21(16-6-3-11-24(14-16)32(27,28)20-10-5-13-30-20)25(15-17-7-4-12-29-17)22-23-18-8-1-2-9-19(18)31-22/h1-2,4-5,7-10,12-13,16H,3,6,11,14-15H2/t16-/m0/s1. The Labute approximate surface area is 194 Å². The van der Waals surface area contributed by atoms with Gasteiger partial charge < -0.3 is 4.42 Å². The molecule has 1 aromatic carbocycles. The van der Waals surface area contributed by atoms with E-state index in [1.54, 1.807) is 34.7 Å². The van der Waals surface area contributed by atoms with E-state index in [1.165, 1.54) is 27.0 Å². The minimum Gasteiger partial charge on any atom is -0.467 e. The summed E-state index contributed by atoms with van der Waals surface area (Å²) in [6.07, 6.45) is 2.84. The van der Waals surface area contributed by atoms with Gasteiger partial charge in [-0.05, 0) is 48.6 Å². The molecule has 0 radical (unpaired) electrons. The number of fused-ring (bicyclic) bond motifs is 1. The molecule has 166 valence electrons. The first-order valence-corrected chi connectivity index (χ1v) is 13.4. The maximum Gasteiger partial charge on any atom is 0.252 e. The molecular weight excluding hydrogens is 466 g/mol. The van der Waals surface area contributed by atoms with Gasteiger partial charge in [0.05, 0.1) is 28.9 Å². The average molecular weight is 488 g/mol. The van der Waals surface area contributed by atoms with Crippen LogP contribution in [0, 0.1) is 5.92 Å². The zero-order chi connectivity index (χ0) is 22.1. The third kappa shape index (κ3) is 4.11. The maximum atomic E-state index is 13.7. The van der Waals surface area contributed by atoms with Crippen molar-refractivity contribution in [2.45, 2.75) is 23.6 Å². The van der Waals surface area contributed by atoms with E-state index in [9.17, 15) is 13.2 Å². The Hall–Kier alpha value is -2.53. The van der Waals surface area contributed by atoms with Crippen LogP contribution in [0.4, 0.5) is 5.13 Å². The van der Waals surface area contributed by atoms with E-state index in [1.807, 2.05) is 30.3 Å². The number of benzene rings is 1. The normalized spacial score (nSPS) is 17.6. The van der Waals surface area contributed by atoms with Gasteiger partial charge in [0.1, 0.15) is 9.97 Å². The summed E-state index contributed by atoms with van der Waals surface area (Å²) < 4.78 is 34.3. The van der Waals surface area contributed by atoms with Crippen LogP contribution in [-0.2, 0) is 21.4 Å². The minimum absolute atomic E-state index is 0.133. The van der Waals surface area contributed by atoms with Gasteiger partial charge in [-0.2, -0.15) is 4.31 Å². The number of thiophene rings is 1. The molecule has 4 heterocycles. The van der Waals surface area contributed by atoms with E-state index >= 15 is 0 Å². The fraction of sp³-hybridized carbons (Fsp3) is 0.273. The van der Waals surface area contributed by atoms with Crippen LogP contribution in [0.15, 0.2) is 68.8 Å². The smallest absolute Gasteiger partial charge is 0.252 e. The second kappa shape index (κ2) is 8.78. The first-order valence-electron chi connectivity index (χ1n) is 10.3. The molecule has 3 aromatic heterocycles. The molecule has 1 fully saturated rings. The van der Waals surface area contributed by atoms with Crippen molar-refractivity contribution in [2.24, 2.45) is 5.92 Å². The zero-order valence-electron chi connectivity index (χ0n) is 17.1. The number of para-hydroxylation sites is 1. The van der Waals surface area contributed by atoms with Gasteiger partial charge in [0.2, 0.25) is 5.91 Å². The second-order valence-corrected chi connectivity index (χ2v) is 11.7. The monoisotopic (exact) mass is 487 g/mol. The summed E-state index contributed by atoms with van der Waals surface area (Å²) in [5, 5.41) is 2.34. The Kier molecular flexibility index (Phi) is 5.85. The highest BCUT2D eigenvalue weighted by molar-refractivity contribution is 7.91. The SMILES string of the molecule is O=C([C@H]1CCCN(S(=O)(=O)c2cccs2)C1)N(Cc1ccco1)c1nc2ccccc2s1. The number of thiazole rings is 1. The number of aromatic nitrogens is 1. The number of carbonyl (C=O) groups is 1. The summed E-state index contributed by atoms with van der Waals surface area (Å²) in [7, 11) is -3.60. The average Bonchev–Trinajstić information content (AvgIpc) is 3.58. The number of anilines is 1. The van der Waals surface area contributed by atoms with Crippen molar-refractivity contribution >= 4 is 54.0 Å². The Balaban J connectivity index is 1.44. The lowest BCUT2D eigenvalue weighted by atomic mass is 9.98. The first kappa shape index (κ1) is 21.3. The Morgan fingerprint density at radius 2 is 2.06 bits per heavy atom. The highest BCUT2D eigenvalue weighted by Crippen LogP contribution is 2.33. The Morgan fingerprint density at radius 1 is 1.19 bits per heavy atom. The van der Waals surface area contributed by atoms with Gasteiger partial charge in [0.25, 0.3) is 10.0 Å². The van der Waals surface area contributed by atoms with Crippen LogP contribution in [-0.4, -0.2) is 36.7 Å². The summed E-state index contributed by atoms with van der Waals surface area (Å²) in [6, 6.07) is 14.7. The minimum atomic E-state index is -3.60. The van der Waals surface area contributed by atoms with Gasteiger partial charge in [-0.3, -0.25) is 9.69 Å². The van der Waals surface area contributed by atoms with Crippen molar-refractivity contribution in [1.82, 2.24) is 9.29 Å². The topological polar surface area (TPSA) is 83.7 Å². The second-order valence-electron chi connectivity index (χ2n) is 7.60. The number of piperidine rings is 1. The van der Waals surface area contributed by atoms with Gasteiger partial charge >= 0.3 is 0 Å². The van der Waals surface area contributed by atoms with E-state index in [4.69, 9.17) is 4.42 Å². The zero-order valence-corrected chi connectivity index (χ0v) is 19.5. The van der Waals surface area contributed by atoms with Crippen molar-refractivity contribution in [3.63, 3.8) is 0 Å². The summed E-state index contributed by atoms with van der Waals surface area (Å²) in [6.45, 7) is 0.835. The van der Waals surface area contributed by atoms with E-state index in [2.05, 4.69) is 4.98 Å². The number of hydrogen-bond donors (Lipinski definition) is 0. The Morgan fingerprint density at radius 3 is 2.81 bits per heavy atom. The lowest BCUT2D eigenvalue weighted by Crippen LogP contribution is -2.46. The van der Waals surface area contributed by atoms with Crippen molar-refractivity contribution in [1.29, 1.82) is 0 Å².